The van der Waals surface area contributed by atoms with Gasteiger partial charge in [-0.2, -0.15) is 0 Å². The second-order valence-electron chi connectivity index (χ2n) is 6.13. The summed E-state index contributed by atoms with van der Waals surface area (Å²) in [6, 6.07) is 17.3. The number of benzene rings is 2. The van der Waals surface area contributed by atoms with Gasteiger partial charge in [0.15, 0.2) is 0 Å². The van der Waals surface area contributed by atoms with Gasteiger partial charge in [0, 0.05) is 28.9 Å². The van der Waals surface area contributed by atoms with E-state index in [-0.39, 0.29) is 5.97 Å². The van der Waals surface area contributed by atoms with Crippen molar-refractivity contribution in [3.8, 4) is 28.0 Å². The van der Waals surface area contributed by atoms with Crippen LogP contribution < -0.4 is 4.74 Å². The highest BCUT2D eigenvalue weighted by atomic mass is 16.5. The minimum absolute atomic E-state index is 0.357. The zero-order valence-corrected chi connectivity index (χ0v) is 15.0. The third-order valence-corrected chi connectivity index (χ3v) is 4.53. The van der Waals surface area contributed by atoms with Crippen LogP contribution >= 0.6 is 0 Å². The molecular formula is C22H18N2O3. The van der Waals surface area contributed by atoms with Gasteiger partial charge in [-0.1, -0.05) is 24.3 Å². The molecule has 0 aliphatic rings. The zero-order chi connectivity index (χ0) is 18.8. The van der Waals surface area contributed by atoms with Crippen molar-refractivity contribution in [1.82, 2.24) is 9.97 Å². The van der Waals surface area contributed by atoms with Crippen molar-refractivity contribution >= 4 is 17.0 Å². The maximum Gasteiger partial charge on any atom is 0.337 e. The topological polar surface area (TPSA) is 64.2 Å². The number of nitrogens with zero attached hydrogens (tertiary/aromatic N) is 1. The Kier molecular flexibility index (Phi) is 4.34. The van der Waals surface area contributed by atoms with Crippen LogP contribution in [-0.4, -0.2) is 30.2 Å². The van der Waals surface area contributed by atoms with Crippen molar-refractivity contribution in [3.63, 3.8) is 0 Å². The number of hydrogen-bond donors (Lipinski definition) is 1. The van der Waals surface area contributed by atoms with E-state index in [0.717, 1.165) is 39.0 Å². The summed E-state index contributed by atoms with van der Waals surface area (Å²) < 4.78 is 10.1. The molecule has 0 saturated heterocycles. The first kappa shape index (κ1) is 16.8. The highest BCUT2D eigenvalue weighted by Gasteiger charge is 2.11. The Morgan fingerprint density at radius 3 is 2.59 bits per heavy atom. The van der Waals surface area contributed by atoms with Gasteiger partial charge in [0.1, 0.15) is 11.4 Å². The van der Waals surface area contributed by atoms with Gasteiger partial charge in [-0.05, 0) is 41.5 Å². The van der Waals surface area contributed by atoms with E-state index in [0.29, 0.717) is 5.56 Å². The molecule has 1 N–H and O–H groups in total. The lowest BCUT2D eigenvalue weighted by Gasteiger charge is -2.06. The van der Waals surface area contributed by atoms with Crippen molar-refractivity contribution in [3.05, 3.63) is 72.6 Å². The standard InChI is InChI=1S/C22H18N2O3/c1-26-18-8-4-6-15(10-18)20-13-24-21-19(20)11-17(12-23-21)14-5-3-7-16(9-14)22(25)27-2/h3-13H,1-2H3,(H,23,24). The number of nitrogens with one attached hydrogen (secondary N) is 1. The number of fused-ring (bicyclic) bond motifs is 1. The van der Waals surface area contributed by atoms with Crippen molar-refractivity contribution < 1.29 is 14.3 Å². The number of carbonyl (C=O) groups is 1. The van der Waals surface area contributed by atoms with Crippen LogP contribution in [0.5, 0.6) is 5.75 Å². The lowest BCUT2D eigenvalue weighted by atomic mass is 10.0. The Bertz CT molecular complexity index is 1130. The number of H-pyrrole nitrogens is 1. The van der Waals surface area contributed by atoms with Gasteiger partial charge in [0.05, 0.1) is 19.8 Å². The van der Waals surface area contributed by atoms with Gasteiger partial charge in [0.2, 0.25) is 0 Å². The molecule has 0 fully saturated rings. The molecule has 0 radical (unpaired) electrons. The Morgan fingerprint density at radius 2 is 1.78 bits per heavy atom. The van der Waals surface area contributed by atoms with E-state index in [1.54, 1.807) is 19.4 Å². The monoisotopic (exact) mass is 358 g/mol. The average Bonchev–Trinajstić information content (AvgIpc) is 3.16. The van der Waals surface area contributed by atoms with Crippen LogP contribution in [-0.2, 0) is 4.74 Å². The van der Waals surface area contributed by atoms with E-state index in [4.69, 9.17) is 9.47 Å². The molecule has 4 rings (SSSR count). The number of ether oxygens (including phenoxy) is 2. The van der Waals surface area contributed by atoms with Crippen LogP contribution in [0.15, 0.2) is 67.0 Å². The summed E-state index contributed by atoms with van der Waals surface area (Å²) in [4.78, 5) is 19.6. The van der Waals surface area contributed by atoms with Gasteiger partial charge in [-0.3, -0.25) is 0 Å². The van der Waals surface area contributed by atoms with E-state index in [1.165, 1.54) is 7.11 Å². The Hall–Kier alpha value is -3.60. The second kappa shape index (κ2) is 6.96. The molecule has 2 aromatic heterocycles. The molecule has 2 aromatic carbocycles. The molecule has 5 nitrogen and oxygen atoms in total. The molecule has 0 spiro atoms. The van der Waals surface area contributed by atoms with Gasteiger partial charge in [-0.25, -0.2) is 9.78 Å². The number of pyridine rings is 1. The molecule has 0 aliphatic carbocycles. The van der Waals surface area contributed by atoms with E-state index >= 15 is 0 Å². The highest BCUT2D eigenvalue weighted by molar-refractivity contribution is 5.96. The van der Waals surface area contributed by atoms with Crippen LogP contribution in [0.25, 0.3) is 33.3 Å². The number of hydrogen-bond acceptors (Lipinski definition) is 4. The largest absolute Gasteiger partial charge is 0.497 e. The van der Waals surface area contributed by atoms with Crippen molar-refractivity contribution in [2.24, 2.45) is 0 Å². The molecule has 0 bridgehead atoms. The fraction of sp³-hybridized carbons (Fsp3) is 0.0909. The molecule has 27 heavy (non-hydrogen) atoms. The molecule has 2 heterocycles. The third kappa shape index (κ3) is 3.15. The van der Waals surface area contributed by atoms with Gasteiger partial charge < -0.3 is 14.5 Å². The Morgan fingerprint density at radius 1 is 0.963 bits per heavy atom. The van der Waals surface area contributed by atoms with Gasteiger partial charge >= 0.3 is 5.97 Å². The molecule has 0 unspecified atom stereocenters. The summed E-state index contributed by atoms with van der Waals surface area (Å²) in [5.41, 5.74) is 5.24. The fourth-order valence-corrected chi connectivity index (χ4v) is 3.13. The van der Waals surface area contributed by atoms with E-state index in [2.05, 4.69) is 16.0 Å². The smallest absolute Gasteiger partial charge is 0.337 e. The number of esters is 1. The van der Waals surface area contributed by atoms with Crippen LogP contribution in [0.2, 0.25) is 0 Å². The molecule has 0 amide bonds. The van der Waals surface area contributed by atoms with E-state index in [9.17, 15) is 4.79 Å². The number of aromatic amines is 1. The summed E-state index contributed by atoms with van der Waals surface area (Å²) in [5.74, 6) is 0.446. The summed E-state index contributed by atoms with van der Waals surface area (Å²) >= 11 is 0. The minimum Gasteiger partial charge on any atom is -0.497 e. The van der Waals surface area contributed by atoms with Gasteiger partial charge in [0.25, 0.3) is 0 Å². The first-order chi connectivity index (χ1) is 13.2. The molecule has 0 aliphatic heterocycles. The van der Waals surface area contributed by atoms with Crippen LogP contribution in [0.1, 0.15) is 10.4 Å². The number of methoxy groups -OCH3 is 2. The summed E-state index contributed by atoms with van der Waals surface area (Å²) in [6.45, 7) is 0. The quantitative estimate of drug-likeness (QED) is 0.538. The highest BCUT2D eigenvalue weighted by Crippen LogP contribution is 2.32. The molecule has 134 valence electrons. The Labute approximate surface area is 156 Å². The fourth-order valence-electron chi connectivity index (χ4n) is 3.13. The molecule has 0 atom stereocenters. The zero-order valence-electron chi connectivity index (χ0n) is 15.0. The summed E-state index contributed by atoms with van der Waals surface area (Å²) in [7, 11) is 3.03. The normalized spacial score (nSPS) is 10.7. The van der Waals surface area contributed by atoms with Crippen LogP contribution in [0, 0.1) is 0 Å². The first-order valence-electron chi connectivity index (χ1n) is 8.50. The number of carbonyl (C=O) groups excluding carboxylic acids is 1. The van der Waals surface area contributed by atoms with Gasteiger partial charge in [-0.15, -0.1) is 0 Å². The first-order valence-corrected chi connectivity index (χ1v) is 8.50. The second-order valence-corrected chi connectivity index (χ2v) is 6.13. The van der Waals surface area contributed by atoms with Crippen molar-refractivity contribution in [2.45, 2.75) is 0 Å². The number of aromatic nitrogens is 2. The third-order valence-electron chi connectivity index (χ3n) is 4.53. The molecule has 4 aromatic rings. The van der Waals surface area contributed by atoms with E-state index < -0.39 is 0 Å². The van der Waals surface area contributed by atoms with Crippen LogP contribution in [0.4, 0.5) is 0 Å². The predicted octanol–water partition coefficient (Wildman–Crippen LogP) is 4.69. The lowest BCUT2D eigenvalue weighted by Crippen LogP contribution is -2.00. The molecule has 0 saturated carbocycles. The Balaban J connectivity index is 1.82. The lowest BCUT2D eigenvalue weighted by molar-refractivity contribution is 0.0601. The predicted molar refractivity (Wildman–Crippen MR) is 105 cm³/mol. The minimum atomic E-state index is -0.357. The average molecular weight is 358 g/mol. The van der Waals surface area contributed by atoms with E-state index in [1.807, 2.05) is 48.7 Å². The molecular weight excluding hydrogens is 340 g/mol. The van der Waals surface area contributed by atoms with Crippen molar-refractivity contribution in [1.29, 1.82) is 0 Å². The summed E-state index contributed by atoms with van der Waals surface area (Å²) in [5, 5.41) is 1.00. The SMILES string of the molecule is COC(=O)c1cccc(-c2cnc3[nH]cc(-c4cccc(OC)c4)c3c2)c1. The van der Waals surface area contributed by atoms with Crippen LogP contribution in [0.3, 0.4) is 0 Å². The van der Waals surface area contributed by atoms with Crippen molar-refractivity contribution in [2.75, 3.05) is 14.2 Å². The maximum atomic E-state index is 11.8. The maximum absolute atomic E-state index is 11.8. The number of rotatable bonds is 4. The summed E-state index contributed by atoms with van der Waals surface area (Å²) in [6.07, 6.45) is 3.74. The molecule has 5 heteroatoms.